The number of hydrogen-bond acceptors (Lipinski definition) is 9. The number of piperazine rings is 1. The van der Waals surface area contributed by atoms with Crippen molar-refractivity contribution in [2.45, 2.75) is 18.4 Å². The molecule has 1 fully saturated rings. The minimum Gasteiger partial charge on any atom is -0.534 e. The number of carbonyl (C=O) groups excluding carboxylic acids is 4. The van der Waals surface area contributed by atoms with Gasteiger partial charge in [-0.05, 0) is 24.1 Å². The Bertz CT molecular complexity index is 1430. The summed E-state index contributed by atoms with van der Waals surface area (Å²) in [4.78, 5) is 65.1. The number of carboxylic acid groups (broad SMARTS) is 1. The number of nitrogens with zero attached hydrogens (tertiary/aromatic N) is 2. The fraction of sp³-hybridized carbons (Fsp3) is 0.292. The van der Waals surface area contributed by atoms with E-state index < -0.39 is 54.6 Å². The first-order valence-electron chi connectivity index (χ1n) is 12.2. The Morgan fingerprint density at radius 2 is 1.88 bits per heavy atom. The molecule has 41 heavy (non-hydrogen) atoms. The number of nitrogens with one attached hydrogen (secondary N) is 2. The standard InChI is InChI=1S/C24H24BCl2N5O9/c26-14-10-16(33)15(27)9-13(14)18(30-24(39)32-7-6-31(5-4-28)21(35)22(32)36)20(34)29-17-8-11-2-1-3-12(23(37)38)19(11)41-25(17)40/h1-3,9-10,17-18,33,40H,4-8,28H2,(H,29,34)(H,30,39)(H,37,38). The minimum atomic E-state index is -1.67. The van der Waals surface area contributed by atoms with Crippen molar-refractivity contribution in [3.05, 3.63) is 57.1 Å². The highest BCUT2D eigenvalue weighted by atomic mass is 35.5. The second-order valence-corrected chi connectivity index (χ2v) is 9.99. The molecule has 2 heterocycles. The molecule has 0 radical (unpaired) electrons. The number of nitrogens with two attached hydrogens (primary N) is 1. The highest BCUT2D eigenvalue weighted by Gasteiger charge is 2.41. The van der Waals surface area contributed by atoms with E-state index in [9.17, 15) is 39.2 Å². The number of carbonyl (C=O) groups is 5. The van der Waals surface area contributed by atoms with Crippen LogP contribution in [0.3, 0.4) is 0 Å². The van der Waals surface area contributed by atoms with Crippen LogP contribution in [0.5, 0.6) is 11.5 Å². The van der Waals surface area contributed by atoms with Gasteiger partial charge in [0, 0.05) is 37.8 Å². The predicted octanol–water partition coefficient (Wildman–Crippen LogP) is -0.0830. The zero-order valence-corrected chi connectivity index (χ0v) is 22.7. The number of fused-ring (bicyclic) bond motifs is 1. The maximum atomic E-state index is 13.6. The third kappa shape index (κ3) is 6.17. The molecule has 2 aromatic carbocycles. The fourth-order valence-corrected chi connectivity index (χ4v) is 4.92. The summed E-state index contributed by atoms with van der Waals surface area (Å²) in [6, 6.07) is 3.82. The summed E-state index contributed by atoms with van der Waals surface area (Å²) in [6.07, 6.45) is -0.0375. The third-order valence-corrected chi connectivity index (χ3v) is 7.17. The molecule has 2 aliphatic rings. The summed E-state index contributed by atoms with van der Waals surface area (Å²) in [7, 11) is -1.67. The van der Waals surface area contributed by atoms with E-state index in [1.807, 2.05) is 0 Å². The van der Waals surface area contributed by atoms with Crippen LogP contribution >= 0.6 is 23.2 Å². The summed E-state index contributed by atoms with van der Waals surface area (Å²) in [5.41, 5.74) is 5.61. The number of urea groups is 1. The largest absolute Gasteiger partial charge is 0.547 e. The van der Waals surface area contributed by atoms with Crippen LogP contribution in [0, 0.1) is 0 Å². The maximum Gasteiger partial charge on any atom is 0.547 e. The first kappa shape index (κ1) is 29.9. The first-order valence-corrected chi connectivity index (χ1v) is 13.0. The topological polar surface area (TPSA) is 212 Å². The number of carboxylic acids is 1. The quantitative estimate of drug-likeness (QED) is 0.182. The SMILES string of the molecule is NCCN1CCN(C(=O)NC(C(=O)NC2Cc3cccc(C(=O)O)c3OB2O)c2cc(Cl)c(O)cc2Cl)C(=O)C1=O. The summed E-state index contributed by atoms with van der Waals surface area (Å²) in [5, 5.41) is 34.4. The third-order valence-electron chi connectivity index (χ3n) is 6.54. The van der Waals surface area contributed by atoms with Crippen molar-refractivity contribution in [1.82, 2.24) is 20.4 Å². The Morgan fingerprint density at radius 3 is 2.56 bits per heavy atom. The van der Waals surface area contributed by atoms with Gasteiger partial charge in [0.15, 0.2) is 0 Å². The lowest BCUT2D eigenvalue weighted by atomic mass is 9.72. The van der Waals surface area contributed by atoms with E-state index in [1.54, 1.807) is 6.07 Å². The summed E-state index contributed by atoms with van der Waals surface area (Å²) in [6.45, 7) is 0.0931. The molecule has 1 saturated heterocycles. The van der Waals surface area contributed by atoms with Gasteiger partial charge < -0.3 is 41.2 Å². The number of benzene rings is 2. The molecule has 0 aromatic heterocycles. The van der Waals surface area contributed by atoms with Crippen molar-refractivity contribution in [3.63, 3.8) is 0 Å². The highest BCUT2D eigenvalue weighted by Crippen LogP contribution is 2.34. The van der Waals surface area contributed by atoms with E-state index in [4.69, 9.17) is 33.6 Å². The van der Waals surface area contributed by atoms with E-state index in [0.29, 0.717) is 10.5 Å². The zero-order valence-electron chi connectivity index (χ0n) is 21.2. The lowest BCUT2D eigenvalue weighted by Crippen LogP contribution is -2.60. The van der Waals surface area contributed by atoms with Gasteiger partial charge in [0.2, 0.25) is 5.91 Å². The zero-order chi connectivity index (χ0) is 30.0. The van der Waals surface area contributed by atoms with Crippen LogP contribution in [0.25, 0.3) is 0 Å². The van der Waals surface area contributed by atoms with Crippen molar-refractivity contribution in [3.8, 4) is 11.5 Å². The van der Waals surface area contributed by atoms with Gasteiger partial charge in [-0.25, -0.2) is 9.59 Å². The monoisotopic (exact) mass is 607 g/mol. The van der Waals surface area contributed by atoms with E-state index >= 15 is 0 Å². The molecular weight excluding hydrogens is 584 g/mol. The van der Waals surface area contributed by atoms with E-state index in [-0.39, 0.29) is 59.5 Å². The van der Waals surface area contributed by atoms with Gasteiger partial charge in [-0.3, -0.25) is 19.3 Å². The van der Waals surface area contributed by atoms with Crippen LogP contribution < -0.4 is 21.0 Å². The second kappa shape index (κ2) is 12.2. The molecule has 0 saturated carbocycles. The van der Waals surface area contributed by atoms with Crippen molar-refractivity contribution in [2.24, 2.45) is 5.73 Å². The van der Waals surface area contributed by atoms with Gasteiger partial charge in [0.1, 0.15) is 17.5 Å². The summed E-state index contributed by atoms with van der Waals surface area (Å²) in [5.74, 6) is -5.81. The van der Waals surface area contributed by atoms with Crippen molar-refractivity contribution in [1.29, 1.82) is 0 Å². The smallest absolute Gasteiger partial charge is 0.534 e. The van der Waals surface area contributed by atoms with Crippen LogP contribution in [0.2, 0.25) is 10.0 Å². The number of para-hydroxylation sites is 1. The normalized spacial score (nSPS) is 17.5. The van der Waals surface area contributed by atoms with Gasteiger partial charge in [0.25, 0.3) is 0 Å². The lowest BCUT2D eigenvalue weighted by Gasteiger charge is -2.34. The Morgan fingerprint density at radius 1 is 1.15 bits per heavy atom. The molecule has 2 aliphatic heterocycles. The molecule has 0 aliphatic carbocycles. The Labute approximate surface area is 243 Å². The number of phenolic OH excluding ortho intramolecular Hbond substituents is 1. The van der Waals surface area contributed by atoms with Gasteiger partial charge in [-0.1, -0.05) is 35.3 Å². The predicted molar refractivity (Wildman–Crippen MR) is 144 cm³/mol. The van der Waals surface area contributed by atoms with Crippen LogP contribution in [0.15, 0.2) is 30.3 Å². The van der Waals surface area contributed by atoms with E-state index in [0.717, 1.165) is 12.1 Å². The number of rotatable bonds is 7. The van der Waals surface area contributed by atoms with E-state index in [1.165, 1.54) is 17.0 Å². The Balaban J connectivity index is 1.60. The molecule has 0 bridgehead atoms. The number of amides is 5. The van der Waals surface area contributed by atoms with Crippen LogP contribution in [0.4, 0.5) is 4.79 Å². The van der Waals surface area contributed by atoms with Gasteiger partial charge in [0.05, 0.1) is 21.5 Å². The molecule has 2 unspecified atom stereocenters. The average Bonchev–Trinajstić information content (AvgIpc) is 2.92. The molecular formula is C24H24BCl2N5O9. The number of aromatic carboxylic acids is 1. The van der Waals surface area contributed by atoms with E-state index in [2.05, 4.69) is 10.6 Å². The molecule has 5 amide bonds. The lowest BCUT2D eigenvalue weighted by molar-refractivity contribution is -0.153. The molecule has 2 atom stereocenters. The molecule has 14 nitrogen and oxygen atoms in total. The maximum absolute atomic E-state index is 13.6. The average molecular weight is 608 g/mol. The molecule has 216 valence electrons. The highest BCUT2D eigenvalue weighted by molar-refractivity contribution is 6.47. The Kier molecular flexibility index (Phi) is 8.92. The number of phenols is 1. The van der Waals surface area contributed by atoms with Crippen molar-refractivity contribution < 1.29 is 43.9 Å². The molecule has 0 spiro atoms. The number of halogens is 2. The molecule has 2 aromatic rings. The number of aromatic hydroxyl groups is 1. The van der Waals surface area contributed by atoms with Crippen molar-refractivity contribution >= 4 is 60.0 Å². The number of hydrogen-bond donors (Lipinski definition) is 6. The molecule has 4 rings (SSSR count). The minimum absolute atomic E-state index is 0.0290. The van der Waals surface area contributed by atoms with Gasteiger partial charge >= 0.3 is 30.9 Å². The molecule has 17 heteroatoms. The number of imide groups is 1. The van der Waals surface area contributed by atoms with Crippen LogP contribution in [0.1, 0.15) is 27.5 Å². The summed E-state index contributed by atoms with van der Waals surface area (Å²) >= 11 is 12.3. The fourth-order valence-electron chi connectivity index (χ4n) is 4.48. The van der Waals surface area contributed by atoms with Gasteiger partial charge in [-0.2, -0.15) is 0 Å². The van der Waals surface area contributed by atoms with Crippen LogP contribution in [-0.4, -0.2) is 94.0 Å². The second-order valence-electron chi connectivity index (χ2n) is 9.17. The Hall–Kier alpha value is -4.05. The summed E-state index contributed by atoms with van der Waals surface area (Å²) < 4.78 is 5.40. The molecule has 7 N–H and O–H groups in total. The van der Waals surface area contributed by atoms with Crippen LogP contribution in [-0.2, 0) is 20.8 Å². The van der Waals surface area contributed by atoms with Crippen molar-refractivity contribution in [2.75, 3.05) is 26.2 Å². The first-order chi connectivity index (χ1) is 19.4. The van der Waals surface area contributed by atoms with Gasteiger partial charge in [-0.15, -0.1) is 0 Å².